The van der Waals surface area contributed by atoms with E-state index in [0.29, 0.717) is 0 Å². The summed E-state index contributed by atoms with van der Waals surface area (Å²) in [6.45, 7) is 0. The molecule has 0 aliphatic rings. The van der Waals surface area contributed by atoms with Crippen molar-refractivity contribution in [3.05, 3.63) is 91.0 Å². The minimum absolute atomic E-state index is 0.945. The standard InChI is InChI=1S/C28H17BOS/c29-17-12-14-21-24(15-17)30-23-9-3-7-19(26(21)23)20-8-4-10-25-27(20)22-13-11-16-5-1-2-6-18(16)28(22)31-25/h1-15H,29H2. The molecule has 144 valence electrons. The van der Waals surface area contributed by atoms with Crippen LogP contribution in [0.5, 0.6) is 0 Å². The zero-order valence-corrected chi connectivity index (χ0v) is 17.8. The second-order valence-corrected chi connectivity index (χ2v) is 9.28. The van der Waals surface area contributed by atoms with Crippen molar-refractivity contribution in [1.29, 1.82) is 0 Å². The van der Waals surface area contributed by atoms with Crippen molar-refractivity contribution in [1.82, 2.24) is 0 Å². The summed E-state index contributed by atoms with van der Waals surface area (Å²) >= 11 is 1.89. The number of benzene rings is 5. The molecule has 3 heteroatoms. The van der Waals surface area contributed by atoms with E-state index in [-0.39, 0.29) is 0 Å². The average Bonchev–Trinajstić information content (AvgIpc) is 3.36. The van der Waals surface area contributed by atoms with E-state index in [9.17, 15) is 0 Å². The molecule has 0 saturated heterocycles. The van der Waals surface area contributed by atoms with Gasteiger partial charge in [0, 0.05) is 30.9 Å². The van der Waals surface area contributed by atoms with Crippen LogP contribution in [0.1, 0.15) is 0 Å². The van der Waals surface area contributed by atoms with E-state index in [1.165, 1.54) is 58.3 Å². The lowest BCUT2D eigenvalue weighted by atomic mass is 9.92. The molecule has 1 nitrogen and oxygen atoms in total. The molecule has 7 aromatic rings. The second-order valence-electron chi connectivity index (χ2n) is 8.22. The highest BCUT2D eigenvalue weighted by molar-refractivity contribution is 7.26. The van der Waals surface area contributed by atoms with Gasteiger partial charge >= 0.3 is 0 Å². The summed E-state index contributed by atoms with van der Waals surface area (Å²) in [6, 6.07) is 32.8. The highest BCUT2D eigenvalue weighted by Crippen LogP contribution is 2.45. The largest absolute Gasteiger partial charge is 0.456 e. The SMILES string of the molecule is Bc1ccc2c(c1)oc1cccc(-c3cccc4sc5c6ccccc6ccc5c34)c12. The van der Waals surface area contributed by atoms with Gasteiger partial charge in [-0.05, 0) is 40.1 Å². The van der Waals surface area contributed by atoms with E-state index in [0.717, 1.165) is 11.2 Å². The molecule has 0 saturated carbocycles. The molecule has 0 radical (unpaired) electrons. The number of hydrogen-bond acceptors (Lipinski definition) is 2. The highest BCUT2D eigenvalue weighted by atomic mass is 32.1. The fraction of sp³-hybridized carbons (Fsp3) is 0. The van der Waals surface area contributed by atoms with Gasteiger partial charge in [0.15, 0.2) is 0 Å². The van der Waals surface area contributed by atoms with Crippen LogP contribution >= 0.6 is 11.3 Å². The minimum Gasteiger partial charge on any atom is -0.456 e. The van der Waals surface area contributed by atoms with E-state index in [2.05, 4.69) is 98.8 Å². The third-order valence-electron chi connectivity index (χ3n) is 6.33. The Morgan fingerprint density at radius 3 is 2.35 bits per heavy atom. The summed E-state index contributed by atoms with van der Waals surface area (Å²) in [5, 5.41) is 7.66. The van der Waals surface area contributed by atoms with E-state index >= 15 is 0 Å². The van der Waals surface area contributed by atoms with Crippen LogP contribution in [0.25, 0.3) is 64.0 Å². The zero-order valence-electron chi connectivity index (χ0n) is 17.0. The molecule has 0 N–H and O–H groups in total. The van der Waals surface area contributed by atoms with Crippen molar-refractivity contribution in [3.63, 3.8) is 0 Å². The first kappa shape index (κ1) is 17.2. The first-order chi connectivity index (χ1) is 15.3. The average molecular weight is 412 g/mol. The summed E-state index contributed by atoms with van der Waals surface area (Å²) < 4.78 is 8.92. The van der Waals surface area contributed by atoms with Gasteiger partial charge in [-0.1, -0.05) is 78.3 Å². The molecule has 2 aromatic heterocycles. The molecule has 0 spiro atoms. The molecular weight excluding hydrogens is 395 g/mol. The van der Waals surface area contributed by atoms with Gasteiger partial charge < -0.3 is 4.42 Å². The molecule has 0 amide bonds. The Balaban J connectivity index is 1.64. The Morgan fingerprint density at radius 2 is 1.42 bits per heavy atom. The lowest BCUT2D eigenvalue weighted by Gasteiger charge is -2.07. The maximum atomic E-state index is 6.24. The van der Waals surface area contributed by atoms with E-state index in [4.69, 9.17) is 4.42 Å². The first-order valence-corrected chi connectivity index (χ1v) is 11.3. The van der Waals surface area contributed by atoms with Crippen LogP contribution in [-0.2, 0) is 0 Å². The lowest BCUT2D eigenvalue weighted by molar-refractivity contribution is 0.669. The van der Waals surface area contributed by atoms with E-state index < -0.39 is 0 Å². The van der Waals surface area contributed by atoms with Gasteiger partial charge in [-0.25, -0.2) is 0 Å². The second kappa shape index (κ2) is 6.22. The third kappa shape index (κ3) is 2.38. The van der Waals surface area contributed by atoms with Gasteiger partial charge in [-0.2, -0.15) is 0 Å². The zero-order chi connectivity index (χ0) is 20.5. The van der Waals surface area contributed by atoms with Gasteiger partial charge in [0.05, 0.1) is 0 Å². The van der Waals surface area contributed by atoms with Gasteiger partial charge in [-0.3, -0.25) is 0 Å². The van der Waals surface area contributed by atoms with Crippen molar-refractivity contribution in [2.45, 2.75) is 0 Å². The molecule has 0 aliphatic heterocycles. The number of thiophene rings is 1. The van der Waals surface area contributed by atoms with Crippen molar-refractivity contribution < 1.29 is 4.42 Å². The van der Waals surface area contributed by atoms with E-state index in [1.54, 1.807) is 0 Å². The molecule has 0 fully saturated rings. The first-order valence-electron chi connectivity index (χ1n) is 10.5. The Kier molecular flexibility index (Phi) is 3.45. The van der Waals surface area contributed by atoms with Crippen LogP contribution in [-0.4, -0.2) is 7.85 Å². The smallest absolute Gasteiger partial charge is 0.139 e. The third-order valence-corrected chi connectivity index (χ3v) is 7.53. The topological polar surface area (TPSA) is 13.1 Å². The van der Waals surface area contributed by atoms with Crippen LogP contribution in [0.2, 0.25) is 0 Å². The molecule has 0 unspecified atom stereocenters. The minimum atomic E-state index is 0.945. The molecule has 7 rings (SSSR count). The Hall–Kier alpha value is -3.56. The monoisotopic (exact) mass is 412 g/mol. The van der Waals surface area contributed by atoms with Crippen molar-refractivity contribution >= 4 is 77.5 Å². The number of furan rings is 1. The quantitative estimate of drug-likeness (QED) is 0.264. The molecule has 5 aromatic carbocycles. The maximum Gasteiger partial charge on any atom is 0.139 e. The fourth-order valence-corrected chi connectivity index (χ4v) is 6.20. The molecular formula is C28H17BOS. The Labute approximate surface area is 183 Å². The van der Waals surface area contributed by atoms with Crippen LogP contribution < -0.4 is 5.46 Å². The Bertz CT molecular complexity index is 1810. The molecule has 0 bridgehead atoms. The molecule has 0 aliphatic carbocycles. The van der Waals surface area contributed by atoms with E-state index in [1.807, 2.05) is 11.3 Å². The molecule has 0 atom stereocenters. The van der Waals surface area contributed by atoms with Crippen LogP contribution in [0, 0.1) is 0 Å². The number of fused-ring (bicyclic) bond motifs is 8. The van der Waals surface area contributed by atoms with Crippen LogP contribution in [0.3, 0.4) is 0 Å². The van der Waals surface area contributed by atoms with Crippen LogP contribution in [0.4, 0.5) is 0 Å². The summed E-state index contributed by atoms with van der Waals surface area (Å²) in [4.78, 5) is 0. The maximum absolute atomic E-state index is 6.24. The molecule has 2 heterocycles. The van der Waals surface area contributed by atoms with Gasteiger partial charge in [-0.15, -0.1) is 11.3 Å². The highest BCUT2D eigenvalue weighted by Gasteiger charge is 2.17. The normalized spacial score (nSPS) is 12.0. The predicted molar refractivity (Wildman–Crippen MR) is 138 cm³/mol. The van der Waals surface area contributed by atoms with Crippen molar-refractivity contribution in [2.75, 3.05) is 0 Å². The lowest BCUT2D eigenvalue weighted by Crippen LogP contribution is -1.98. The van der Waals surface area contributed by atoms with Crippen molar-refractivity contribution in [2.24, 2.45) is 0 Å². The van der Waals surface area contributed by atoms with Gasteiger partial charge in [0.2, 0.25) is 0 Å². The van der Waals surface area contributed by atoms with Gasteiger partial charge in [0.25, 0.3) is 0 Å². The summed E-state index contributed by atoms with van der Waals surface area (Å²) in [5.41, 5.74) is 5.62. The number of hydrogen-bond donors (Lipinski definition) is 0. The fourth-order valence-electron chi connectivity index (χ4n) is 4.94. The van der Waals surface area contributed by atoms with Crippen LogP contribution in [0.15, 0.2) is 95.4 Å². The summed E-state index contributed by atoms with van der Waals surface area (Å²) in [6.07, 6.45) is 0. The van der Waals surface area contributed by atoms with Crippen molar-refractivity contribution in [3.8, 4) is 11.1 Å². The number of rotatable bonds is 1. The predicted octanol–water partition coefficient (Wildman–Crippen LogP) is 7.03. The Morgan fingerprint density at radius 1 is 0.613 bits per heavy atom. The summed E-state index contributed by atoms with van der Waals surface area (Å²) in [7, 11) is 2.11. The summed E-state index contributed by atoms with van der Waals surface area (Å²) in [5.74, 6) is 0. The van der Waals surface area contributed by atoms with Gasteiger partial charge in [0.1, 0.15) is 19.0 Å². The molecule has 31 heavy (non-hydrogen) atoms.